The lowest BCUT2D eigenvalue weighted by Crippen LogP contribution is -2.10. The second-order valence-electron chi connectivity index (χ2n) is 4.72. The average molecular weight is 302 g/mol. The molecule has 2 aromatic rings. The second-order valence-corrected chi connectivity index (χ2v) is 4.72. The third kappa shape index (κ3) is 3.91. The van der Waals surface area contributed by atoms with Gasteiger partial charge in [-0.1, -0.05) is 37.3 Å². The molecule has 0 fully saturated rings. The standard InChI is InChI=1S/C15H18N4O3/c1-3-9-22-15-13(19(20)21)14(17-11(2)18-15)16-10-12-7-5-4-6-8-12/h4-8H,3,9-10H2,1-2H3,(H,16,17,18). The van der Waals surface area contributed by atoms with E-state index in [-0.39, 0.29) is 17.4 Å². The highest BCUT2D eigenvalue weighted by molar-refractivity contribution is 5.61. The molecule has 2 rings (SSSR count). The van der Waals surface area contributed by atoms with Crippen molar-refractivity contribution in [2.45, 2.75) is 26.8 Å². The molecule has 7 heteroatoms. The summed E-state index contributed by atoms with van der Waals surface area (Å²) in [6, 6.07) is 9.60. The number of nitrogens with one attached hydrogen (secondary N) is 1. The third-order valence-electron chi connectivity index (χ3n) is 2.89. The summed E-state index contributed by atoms with van der Waals surface area (Å²) >= 11 is 0. The Morgan fingerprint density at radius 1 is 1.27 bits per heavy atom. The predicted octanol–water partition coefficient (Wildman–Crippen LogP) is 3.09. The summed E-state index contributed by atoms with van der Waals surface area (Å²) in [6.07, 6.45) is 0.743. The normalized spacial score (nSPS) is 10.3. The SMILES string of the molecule is CCCOc1nc(C)nc(NCc2ccccc2)c1[N+](=O)[O-]. The lowest BCUT2D eigenvalue weighted by Gasteiger charge is -2.10. The minimum absolute atomic E-state index is 0.00918. The molecule has 0 saturated carbocycles. The molecule has 0 aliphatic rings. The number of aryl methyl sites for hydroxylation is 1. The fourth-order valence-corrected chi connectivity index (χ4v) is 1.91. The van der Waals surface area contributed by atoms with Gasteiger partial charge < -0.3 is 10.1 Å². The van der Waals surface area contributed by atoms with Gasteiger partial charge in [-0.05, 0) is 18.9 Å². The summed E-state index contributed by atoms with van der Waals surface area (Å²) < 4.78 is 5.39. The van der Waals surface area contributed by atoms with Crippen molar-refractivity contribution in [2.24, 2.45) is 0 Å². The zero-order chi connectivity index (χ0) is 15.9. The number of rotatable bonds is 7. The highest BCUT2D eigenvalue weighted by Gasteiger charge is 2.25. The maximum atomic E-state index is 11.3. The molecule has 7 nitrogen and oxygen atoms in total. The number of hydrogen-bond acceptors (Lipinski definition) is 6. The van der Waals surface area contributed by atoms with Crippen molar-refractivity contribution < 1.29 is 9.66 Å². The summed E-state index contributed by atoms with van der Waals surface area (Å²) in [5.74, 6) is 0.606. The van der Waals surface area contributed by atoms with Crippen LogP contribution in [0.1, 0.15) is 24.7 Å². The van der Waals surface area contributed by atoms with Gasteiger partial charge in [-0.15, -0.1) is 0 Å². The van der Waals surface area contributed by atoms with E-state index in [1.807, 2.05) is 37.3 Å². The fourth-order valence-electron chi connectivity index (χ4n) is 1.91. The number of nitro groups is 1. The Kier molecular flexibility index (Phi) is 5.24. The van der Waals surface area contributed by atoms with Gasteiger partial charge in [0.25, 0.3) is 5.88 Å². The highest BCUT2D eigenvalue weighted by Crippen LogP contribution is 2.32. The van der Waals surface area contributed by atoms with E-state index >= 15 is 0 Å². The third-order valence-corrected chi connectivity index (χ3v) is 2.89. The first kappa shape index (κ1) is 15.7. The van der Waals surface area contributed by atoms with Crippen LogP contribution in [0.15, 0.2) is 30.3 Å². The fraction of sp³-hybridized carbons (Fsp3) is 0.333. The molecule has 0 aliphatic carbocycles. The maximum absolute atomic E-state index is 11.3. The first-order valence-corrected chi connectivity index (χ1v) is 7.05. The van der Waals surface area contributed by atoms with Crippen molar-refractivity contribution >= 4 is 11.5 Å². The molecule has 0 amide bonds. The number of hydrogen-bond donors (Lipinski definition) is 1. The van der Waals surface area contributed by atoms with Crippen LogP contribution < -0.4 is 10.1 Å². The van der Waals surface area contributed by atoms with Crippen molar-refractivity contribution in [1.82, 2.24) is 9.97 Å². The van der Waals surface area contributed by atoms with Crippen molar-refractivity contribution in [1.29, 1.82) is 0 Å². The molecule has 1 N–H and O–H groups in total. The van der Waals surface area contributed by atoms with Crippen LogP contribution in [0.25, 0.3) is 0 Å². The van der Waals surface area contributed by atoms with Crippen LogP contribution >= 0.6 is 0 Å². The average Bonchev–Trinajstić information content (AvgIpc) is 2.51. The van der Waals surface area contributed by atoms with Gasteiger partial charge in [0, 0.05) is 6.54 Å². The zero-order valence-electron chi connectivity index (χ0n) is 12.6. The van der Waals surface area contributed by atoms with Crippen LogP contribution in [-0.4, -0.2) is 21.5 Å². The van der Waals surface area contributed by atoms with E-state index in [0.717, 1.165) is 12.0 Å². The number of aromatic nitrogens is 2. The molecular formula is C15H18N4O3. The molecule has 0 unspecified atom stereocenters. The molecule has 22 heavy (non-hydrogen) atoms. The van der Waals surface area contributed by atoms with Crippen LogP contribution in [0.4, 0.5) is 11.5 Å². The molecule has 1 heterocycles. The summed E-state index contributed by atoms with van der Waals surface area (Å²) in [7, 11) is 0. The lowest BCUT2D eigenvalue weighted by atomic mass is 10.2. The van der Waals surface area contributed by atoms with E-state index in [9.17, 15) is 10.1 Å². The molecule has 1 aromatic heterocycles. The van der Waals surface area contributed by atoms with Gasteiger partial charge in [0.1, 0.15) is 5.82 Å². The van der Waals surface area contributed by atoms with Crippen LogP contribution in [-0.2, 0) is 6.54 Å². The van der Waals surface area contributed by atoms with Crippen LogP contribution in [0.5, 0.6) is 5.88 Å². The lowest BCUT2D eigenvalue weighted by molar-refractivity contribution is -0.385. The topological polar surface area (TPSA) is 90.2 Å². The van der Waals surface area contributed by atoms with Gasteiger partial charge in [0.15, 0.2) is 0 Å². The van der Waals surface area contributed by atoms with E-state index in [1.54, 1.807) is 6.92 Å². The van der Waals surface area contributed by atoms with E-state index in [2.05, 4.69) is 15.3 Å². The number of benzene rings is 1. The molecule has 0 atom stereocenters. The van der Waals surface area contributed by atoms with E-state index in [4.69, 9.17) is 4.74 Å². The Morgan fingerprint density at radius 2 is 2.00 bits per heavy atom. The number of anilines is 1. The van der Waals surface area contributed by atoms with Gasteiger partial charge >= 0.3 is 5.69 Å². The van der Waals surface area contributed by atoms with Crippen molar-refractivity contribution in [3.05, 3.63) is 51.8 Å². The van der Waals surface area contributed by atoms with E-state index in [1.165, 1.54) is 0 Å². The molecule has 0 bridgehead atoms. The first-order valence-electron chi connectivity index (χ1n) is 7.05. The highest BCUT2D eigenvalue weighted by atomic mass is 16.6. The van der Waals surface area contributed by atoms with Gasteiger partial charge in [0.2, 0.25) is 5.82 Å². The molecule has 0 aliphatic heterocycles. The van der Waals surface area contributed by atoms with Gasteiger partial charge in [-0.25, -0.2) is 4.98 Å². The summed E-state index contributed by atoms with van der Waals surface area (Å²) in [5.41, 5.74) is 0.777. The molecule has 0 radical (unpaired) electrons. The monoisotopic (exact) mass is 302 g/mol. The van der Waals surface area contributed by atoms with Crippen molar-refractivity contribution in [2.75, 3.05) is 11.9 Å². The Bertz CT molecular complexity index is 647. The van der Waals surface area contributed by atoms with Crippen LogP contribution in [0.2, 0.25) is 0 Å². The first-order chi connectivity index (χ1) is 10.6. The summed E-state index contributed by atoms with van der Waals surface area (Å²) in [5, 5.41) is 14.3. The van der Waals surface area contributed by atoms with Crippen LogP contribution in [0.3, 0.4) is 0 Å². The number of ether oxygens (including phenoxy) is 1. The minimum Gasteiger partial charge on any atom is -0.473 e. The van der Waals surface area contributed by atoms with Crippen LogP contribution in [0, 0.1) is 17.0 Å². The van der Waals surface area contributed by atoms with Gasteiger partial charge in [-0.2, -0.15) is 4.98 Å². The van der Waals surface area contributed by atoms with E-state index in [0.29, 0.717) is 19.0 Å². The quantitative estimate of drug-likeness (QED) is 0.624. The Labute approximate surface area is 128 Å². The second kappa shape index (κ2) is 7.35. The van der Waals surface area contributed by atoms with E-state index < -0.39 is 4.92 Å². The van der Waals surface area contributed by atoms with Crippen molar-refractivity contribution in [3.8, 4) is 5.88 Å². The smallest absolute Gasteiger partial charge is 0.372 e. The Morgan fingerprint density at radius 3 is 2.64 bits per heavy atom. The zero-order valence-corrected chi connectivity index (χ0v) is 12.6. The summed E-state index contributed by atoms with van der Waals surface area (Å²) in [6.45, 7) is 4.41. The molecular weight excluding hydrogens is 284 g/mol. The van der Waals surface area contributed by atoms with Gasteiger partial charge in [-0.3, -0.25) is 10.1 Å². The number of nitrogens with zero attached hydrogens (tertiary/aromatic N) is 3. The maximum Gasteiger partial charge on any atom is 0.372 e. The Balaban J connectivity index is 2.28. The minimum atomic E-state index is -0.516. The molecule has 0 spiro atoms. The molecule has 0 saturated heterocycles. The van der Waals surface area contributed by atoms with Gasteiger partial charge in [0.05, 0.1) is 11.5 Å². The molecule has 1 aromatic carbocycles. The molecule has 116 valence electrons. The Hall–Kier alpha value is -2.70. The predicted molar refractivity (Wildman–Crippen MR) is 83.0 cm³/mol. The summed E-state index contributed by atoms with van der Waals surface area (Å²) in [4.78, 5) is 19.0. The largest absolute Gasteiger partial charge is 0.473 e. The van der Waals surface area contributed by atoms with Crippen molar-refractivity contribution in [3.63, 3.8) is 0 Å².